The molecular weight excluding hydrogens is 633 g/mol. The molecule has 0 bridgehead atoms. The number of H-pyrrole nitrogens is 1. The van der Waals surface area contributed by atoms with Crippen molar-refractivity contribution in [3.05, 3.63) is 48.7 Å². The summed E-state index contributed by atoms with van der Waals surface area (Å²) >= 11 is 0. The van der Waals surface area contributed by atoms with Crippen LogP contribution in [0.4, 0.5) is 0 Å². The van der Waals surface area contributed by atoms with Gasteiger partial charge in [0.25, 0.3) is 0 Å². The van der Waals surface area contributed by atoms with Crippen LogP contribution >= 0.6 is 0 Å². The number of likely N-dealkylation sites (tertiary alicyclic amines) is 1. The fraction of sp³-hybridized carbons (Fsp3) is 0.727. The molecule has 2 aromatic heterocycles. The van der Waals surface area contributed by atoms with E-state index in [1.54, 1.807) is 13.1 Å². The van der Waals surface area contributed by atoms with Crippen molar-refractivity contribution in [2.24, 2.45) is 63.1 Å². The van der Waals surface area contributed by atoms with E-state index in [4.69, 9.17) is 9.72 Å². The first-order valence-electron chi connectivity index (χ1n) is 20.3. The minimum absolute atomic E-state index is 0.0324. The predicted octanol–water partition coefficient (Wildman–Crippen LogP) is 9.58. The summed E-state index contributed by atoms with van der Waals surface area (Å²) in [5.74, 6) is 5.31. The summed E-state index contributed by atoms with van der Waals surface area (Å²) in [6.45, 7) is 21.9. The van der Waals surface area contributed by atoms with Crippen molar-refractivity contribution in [1.29, 1.82) is 0 Å². The standard InChI is InChI=1S/C44H62N4O3/c1-26(2)34-19-20-44(40(50)48-22-10-12-37(48)39-46-25-36(47-39)29-11-9-21-45-24-29)42(6,7)41(4,5)38-33-15-13-28-23-30(51-27(3)49)14-16-31(28)32(33)17-18-35(38)43(34,44)8/h9,11,21,24-25,28,30-35,37-38H,1,10,12-20,22-23H2,2-8H3,(H,46,47)/t28?,30?,31?,32?,33?,34?,35?,37-,38?,43?,44?/m0/s1. The molecule has 11 atom stereocenters. The van der Waals surface area contributed by atoms with E-state index >= 15 is 4.79 Å². The fourth-order valence-electron chi connectivity index (χ4n) is 14.7. The molecule has 6 aliphatic rings. The van der Waals surface area contributed by atoms with Crippen molar-refractivity contribution in [1.82, 2.24) is 19.9 Å². The lowest BCUT2D eigenvalue weighted by Crippen LogP contribution is -2.73. The summed E-state index contributed by atoms with van der Waals surface area (Å²) in [5, 5.41) is 0. The van der Waals surface area contributed by atoms with E-state index in [0.29, 0.717) is 35.5 Å². The van der Waals surface area contributed by atoms with Crippen molar-refractivity contribution < 1.29 is 14.3 Å². The summed E-state index contributed by atoms with van der Waals surface area (Å²) < 4.78 is 5.76. The molecule has 3 heterocycles. The van der Waals surface area contributed by atoms with Crippen LogP contribution in [0.15, 0.2) is 42.9 Å². The normalized spacial score (nSPS) is 40.8. The van der Waals surface area contributed by atoms with Gasteiger partial charge in [-0.15, -0.1) is 0 Å². The summed E-state index contributed by atoms with van der Waals surface area (Å²) in [6, 6.07) is 3.96. The maximum Gasteiger partial charge on any atom is 0.302 e. The molecule has 1 N–H and O–H groups in total. The first kappa shape index (κ1) is 35.1. The fourth-order valence-corrected chi connectivity index (χ4v) is 14.7. The van der Waals surface area contributed by atoms with E-state index in [-0.39, 0.29) is 34.4 Å². The number of allylic oxidation sites excluding steroid dienone is 1. The SMILES string of the molecule is C=C(C)C1CCC2(C(=O)N3CCC[C@H]3c3ncc(-c4cccnc4)[nH]3)C1(C)C1CCC3C4CCC(OC(C)=O)CC4CCC3C1C(C)(C)C2(C)C. The highest BCUT2D eigenvalue weighted by Crippen LogP contribution is 2.81. The number of aromatic nitrogens is 3. The number of amides is 1. The van der Waals surface area contributed by atoms with E-state index in [9.17, 15) is 4.79 Å². The quantitative estimate of drug-likeness (QED) is 0.249. The summed E-state index contributed by atoms with van der Waals surface area (Å²) in [6.07, 6.45) is 17.8. The molecule has 7 heteroatoms. The zero-order valence-electron chi connectivity index (χ0n) is 32.3. The van der Waals surface area contributed by atoms with Gasteiger partial charge in [-0.2, -0.15) is 0 Å². The number of nitrogens with zero attached hydrogens (tertiary/aromatic N) is 3. The maximum atomic E-state index is 16.0. The number of carbonyl (C=O) groups excluding carboxylic acids is 2. The van der Waals surface area contributed by atoms with Gasteiger partial charge in [0.1, 0.15) is 11.9 Å². The smallest absolute Gasteiger partial charge is 0.302 e. The van der Waals surface area contributed by atoms with Crippen molar-refractivity contribution in [3.8, 4) is 11.3 Å². The largest absolute Gasteiger partial charge is 0.463 e. The number of carbonyl (C=O) groups is 2. The molecule has 10 unspecified atom stereocenters. The second kappa shape index (κ2) is 12.3. The number of hydrogen-bond donors (Lipinski definition) is 1. The Hall–Kier alpha value is -2.96. The van der Waals surface area contributed by atoms with Crippen LogP contribution in [0.5, 0.6) is 0 Å². The molecule has 6 fully saturated rings. The first-order chi connectivity index (χ1) is 24.2. The van der Waals surface area contributed by atoms with Crippen molar-refractivity contribution in [2.45, 2.75) is 131 Å². The lowest BCUT2D eigenvalue weighted by atomic mass is 9.30. The van der Waals surface area contributed by atoms with Gasteiger partial charge in [0.05, 0.1) is 23.3 Å². The zero-order valence-corrected chi connectivity index (χ0v) is 32.3. The molecule has 1 aliphatic heterocycles. The van der Waals surface area contributed by atoms with Crippen molar-refractivity contribution in [2.75, 3.05) is 6.54 Å². The number of imidazole rings is 1. The molecule has 5 aliphatic carbocycles. The van der Waals surface area contributed by atoms with Gasteiger partial charge in [0.15, 0.2) is 0 Å². The predicted molar refractivity (Wildman–Crippen MR) is 200 cm³/mol. The lowest BCUT2D eigenvalue weighted by molar-refractivity contribution is -0.262. The van der Waals surface area contributed by atoms with Crippen LogP contribution in [0, 0.1) is 63.1 Å². The molecule has 51 heavy (non-hydrogen) atoms. The molecule has 2 aromatic rings. The Morgan fingerprint density at radius 2 is 1.71 bits per heavy atom. The van der Waals surface area contributed by atoms with Gasteiger partial charge in [-0.05, 0) is 147 Å². The summed E-state index contributed by atoms with van der Waals surface area (Å²) in [7, 11) is 0. The minimum Gasteiger partial charge on any atom is -0.463 e. The van der Waals surface area contributed by atoms with Crippen LogP contribution in [0.25, 0.3) is 11.3 Å². The number of rotatable bonds is 5. The van der Waals surface area contributed by atoms with Gasteiger partial charge < -0.3 is 14.6 Å². The Morgan fingerprint density at radius 1 is 0.941 bits per heavy atom. The zero-order chi connectivity index (χ0) is 36.1. The number of pyridine rings is 1. The van der Waals surface area contributed by atoms with Crippen LogP contribution < -0.4 is 0 Å². The maximum absolute atomic E-state index is 16.0. The average molecular weight is 695 g/mol. The van der Waals surface area contributed by atoms with E-state index in [2.05, 4.69) is 69.1 Å². The number of esters is 1. The molecule has 0 radical (unpaired) electrons. The average Bonchev–Trinajstić information content (AvgIpc) is 3.85. The van der Waals surface area contributed by atoms with E-state index < -0.39 is 5.41 Å². The molecule has 0 spiro atoms. The molecule has 1 saturated heterocycles. The number of aromatic amines is 1. The topological polar surface area (TPSA) is 88.2 Å². The van der Waals surface area contributed by atoms with E-state index in [0.717, 1.165) is 74.0 Å². The number of fused-ring (bicyclic) bond motifs is 7. The number of nitrogens with one attached hydrogen (secondary N) is 1. The third kappa shape index (κ3) is 4.87. The molecule has 8 rings (SSSR count). The third-order valence-corrected chi connectivity index (χ3v) is 17.1. The monoisotopic (exact) mass is 694 g/mol. The highest BCUT2D eigenvalue weighted by atomic mass is 16.5. The minimum atomic E-state index is -0.498. The molecular formula is C44H62N4O3. The number of ether oxygens (including phenoxy) is 1. The van der Waals surface area contributed by atoms with E-state index in [1.807, 2.05) is 18.5 Å². The van der Waals surface area contributed by atoms with Gasteiger partial charge in [0, 0.05) is 31.4 Å². The highest BCUT2D eigenvalue weighted by Gasteiger charge is 2.79. The molecule has 1 amide bonds. The second-order valence-corrected chi connectivity index (χ2v) is 19.1. The van der Waals surface area contributed by atoms with Crippen molar-refractivity contribution in [3.63, 3.8) is 0 Å². The Balaban J connectivity index is 1.16. The Bertz CT molecular complexity index is 1680. The molecule has 5 saturated carbocycles. The van der Waals surface area contributed by atoms with Crippen LogP contribution in [0.2, 0.25) is 0 Å². The molecule has 0 aromatic carbocycles. The summed E-state index contributed by atoms with van der Waals surface area (Å²) in [4.78, 5) is 42.9. The van der Waals surface area contributed by atoms with Gasteiger partial charge >= 0.3 is 5.97 Å². The summed E-state index contributed by atoms with van der Waals surface area (Å²) in [5.41, 5.74) is 2.29. The van der Waals surface area contributed by atoms with Gasteiger partial charge in [-0.1, -0.05) is 46.8 Å². The Morgan fingerprint density at radius 3 is 2.43 bits per heavy atom. The van der Waals surface area contributed by atoms with Crippen LogP contribution in [0.3, 0.4) is 0 Å². The second-order valence-electron chi connectivity index (χ2n) is 19.1. The van der Waals surface area contributed by atoms with Gasteiger partial charge in [0.2, 0.25) is 5.91 Å². The Kier molecular flexibility index (Phi) is 8.46. The third-order valence-electron chi connectivity index (χ3n) is 17.1. The molecule has 276 valence electrons. The first-order valence-corrected chi connectivity index (χ1v) is 20.3. The lowest BCUT2D eigenvalue weighted by Gasteiger charge is -2.74. The highest BCUT2D eigenvalue weighted by molar-refractivity contribution is 5.86. The van der Waals surface area contributed by atoms with Crippen LogP contribution in [-0.2, 0) is 14.3 Å². The number of hydrogen-bond acceptors (Lipinski definition) is 5. The van der Waals surface area contributed by atoms with Gasteiger partial charge in [-0.3, -0.25) is 14.6 Å². The van der Waals surface area contributed by atoms with Gasteiger partial charge in [-0.25, -0.2) is 4.98 Å². The van der Waals surface area contributed by atoms with E-state index in [1.165, 1.54) is 37.7 Å². The molecule has 7 nitrogen and oxygen atoms in total. The van der Waals surface area contributed by atoms with Crippen LogP contribution in [0.1, 0.15) is 131 Å². The van der Waals surface area contributed by atoms with Crippen molar-refractivity contribution >= 4 is 11.9 Å². The van der Waals surface area contributed by atoms with Crippen LogP contribution in [-0.4, -0.2) is 44.4 Å². The Labute approximate surface area is 306 Å².